The van der Waals surface area contributed by atoms with Gasteiger partial charge in [0.25, 0.3) is 0 Å². The minimum Gasteiger partial charge on any atom is -0.205 e. The zero-order valence-corrected chi connectivity index (χ0v) is 6.75. The minimum atomic E-state index is 0.902. The van der Waals surface area contributed by atoms with Gasteiger partial charge in [-0.05, 0) is 28.1 Å². The molecule has 10 heavy (non-hydrogen) atoms. The number of benzene rings is 1. The van der Waals surface area contributed by atoms with Crippen LogP contribution >= 0.6 is 15.9 Å². The van der Waals surface area contributed by atoms with Crippen LogP contribution in [0.25, 0.3) is 0 Å². The Balaban J connectivity index is 2.22. The van der Waals surface area contributed by atoms with Crippen molar-refractivity contribution in [3.63, 3.8) is 0 Å². The standard InChI is InChI=1S/C7H5BrN2/c8-7-9-10(7)6-4-2-1-3-5-6/h1-5H. The molecule has 0 radical (unpaired) electrons. The SMILES string of the molecule is BrC1=NN1c1ccccc1. The summed E-state index contributed by atoms with van der Waals surface area (Å²) in [4.78, 5) is 0. The highest BCUT2D eigenvalue weighted by molar-refractivity contribution is 9.18. The number of hydrazone groups is 1. The Kier molecular flexibility index (Phi) is 1.24. The van der Waals surface area contributed by atoms with E-state index in [2.05, 4.69) is 21.0 Å². The molecule has 0 fully saturated rings. The molecule has 0 saturated heterocycles. The molecule has 0 bridgehead atoms. The molecule has 1 aliphatic heterocycles. The second-order valence-corrected chi connectivity index (χ2v) is 2.73. The number of nitrogens with zero attached hydrogens (tertiary/aromatic N) is 2. The maximum Gasteiger partial charge on any atom is 0.218 e. The van der Waals surface area contributed by atoms with Gasteiger partial charge >= 0.3 is 0 Å². The Morgan fingerprint density at radius 2 is 1.80 bits per heavy atom. The second kappa shape index (κ2) is 2.09. The molecule has 2 rings (SSSR count). The summed E-state index contributed by atoms with van der Waals surface area (Å²) in [5.74, 6) is 0. The predicted octanol–water partition coefficient (Wildman–Crippen LogP) is 2.17. The van der Waals surface area contributed by atoms with Gasteiger partial charge in [-0.3, -0.25) is 0 Å². The van der Waals surface area contributed by atoms with Crippen LogP contribution in [0.4, 0.5) is 5.69 Å². The van der Waals surface area contributed by atoms with E-state index in [0.29, 0.717) is 0 Å². The summed E-state index contributed by atoms with van der Waals surface area (Å²) in [6, 6.07) is 9.99. The highest BCUT2D eigenvalue weighted by atomic mass is 79.9. The summed E-state index contributed by atoms with van der Waals surface area (Å²) in [6.45, 7) is 0. The third-order valence-corrected chi connectivity index (χ3v) is 1.81. The maximum absolute atomic E-state index is 3.99. The summed E-state index contributed by atoms with van der Waals surface area (Å²) in [6.07, 6.45) is 0. The van der Waals surface area contributed by atoms with Crippen molar-refractivity contribution in [2.75, 3.05) is 5.01 Å². The molecule has 0 aromatic heterocycles. The first-order valence-electron chi connectivity index (χ1n) is 2.97. The number of hydrogen-bond acceptors (Lipinski definition) is 2. The molecule has 0 unspecified atom stereocenters. The molecule has 50 valence electrons. The van der Waals surface area contributed by atoms with E-state index < -0.39 is 0 Å². The average molecular weight is 197 g/mol. The lowest BCUT2D eigenvalue weighted by atomic mass is 10.3. The van der Waals surface area contributed by atoms with Crippen LogP contribution in [0.3, 0.4) is 0 Å². The van der Waals surface area contributed by atoms with E-state index in [-0.39, 0.29) is 0 Å². The van der Waals surface area contributed by atoms with Crippen LogP contribution in [0.5, 0.6) is 0 Å². The zero-order valence-electron chi connectivity index (χ0n) is 5.16. The van der Waals surface area contributed by atoms with Gasteiger partial charge in [-0.15, -0.1) is 5.10 Å². The van der Waals surface area contributed by atoms with E-state index in [0.717, 1.165) is 10.4 Å². The lowest BCUT2D eigenvalue weighted by Gasteiger charge is -1.96. The fraction of sp³-hybridized carbons (Fsp3) is 0. The fourth-order valence-corrected chi connectivity index (χ4v) is 1.16. The molecule has 1 aromatic carbocycles. The average Bonchev–Trinajstić information content (AvgIpc) is 2.69. The Bertz CT molecular complexity index is 268. The number of hydrogen-bond donors (Lipinski definition) is 0. The molecule has 0 saturated carbocycles. The van der Waals surface area contributed by atoms with Gasteiger partial charge in [0.1, 0.15) is 0 Å². The summed E-state index contributed by atoms with van der Waals surface area (Å²) in [5, 5.41) is 5.83. The van der Waals surface area contributed by atoms with Gasteiger partial charge in [-0.25, -0.2) is 5.01 Å². The van der Waals surface area contributed by atoms with Crippen LogP contribution in [0.2, 0.25) is 0 Å². The molecular weight excluding hydrogens is 192 g/mol. The molecule has 1 aromatic rings. The number of amidine groups is 1. The van der Waals surface area contributed by atoms with Gasteiger partial charge in [0.05, 0.1) is 5.69 Å². The number of halogens is 1. The number of anilines is 1. The Labute approximate surface area is 67.3 Å². The molecule has 0 N–H and O–H groups in total. The van der Waals surface area contributed by atoms with Crippen molar-refractivity contribution in [1.29, 1.82) is 0 Å². The van der Waals surface area contributed by atoms with Crippen molar-refractivity contribution in [2.45, 2.75) is 0 Å². The van der Waals surface area contributed by atoms with Gasteiger partial charge in [0.2, 0.25) is 4.74 Å². The highest BCUT2D eigenvalue weighted by Crippen LogP contribution is 2.25. The molecular formula is C7H5BrN2. The van der Waals surface area contributed by atoms with Crippen molar-refractivity contribution < 1.29 is 0 Å². The normalized spacial score (nSPS) is 14.9. The smallest absolute Gasteiger partial charge is 0.205 e. The van der Waals surface area contributed by atoms with Gasteiger partial charge in [-0.2, -0.15) is 0 Å². The largest absolute Gasteiger partial charge is 0.218 e. The van der Waals surface area contributed by atoms with Crippen molar-refractivity contribution >= 4 is 26.4 Å². The van der Waals surface area contributed by atoms with E-state index in [9.17, 15) is 0 Å². The molecule has 1 heterocycles. The molecule has 0 spiro atoms. The second-order valence-electron chi connectivity index (χ2n) is 2.02. The van der Waals surface area contributed by atoms with E-state index >= 15 is 0 Å². The minimum absolute atomic E-state index is 0.902. The Hall–Kier alpha value is -0.830. The summed E-state index contributed by atoms with van der Waals surface area (Å²) < 4.78 is 0.902. The zero-order chi connectivity index (χ0) is 6.97. The van der Waals surface area contributed by atoms with Crippen molar-refractivity contribution in [1.82, 2.24) is 0 Å². The highest BCUT2D eigenvalue weighted by Gasteiger charge is 2.21. The van der Waals surface area contributed by atoms with E-state index in [1.165, 1.54) is 0 Å². The van der Waals surface area contributed by atoms with Crippen LogP contribution in [0, 0.1) is 0 Å². The Morgan fingerprint density at radius 3 is 2.30 bits per heavy atom. The summed E-state index contributed by atoms with van der Waals surface area (Å²) >= 11 is 3.26. The Morgan fingerprint density at radius 1 is 1.20 bits per heavy atom. The molecule has 3 heteroatoms. The third kappa shape index (κ3) is 0.926. The quantitative estimate of drug-likeness (QED) is 0.629. The maximum atomic E-state index is 3.99. The van der Waals surface area contributed by atoms with E-state index in [4.69, 9.17) is 0 Å². The van der Waals surface area contributed by atoms with Crippen LogP contribution in [-0.4, -0.2) is 4.74 Å². The third-order valence-electron chi connectivity index (χ3n) is 1.32. The van der Waals surface area contributed by atoms with Crippen molar-refractivity contribution in [2.24, 2.45) is 5.10 Å². The molecule has 0 atom stereocenters. The summed E-state index contributed by atoms with van der Waals surface area (Å²) in [5.41, 5.74) is 1.11. The van der Waals surface area contributed by atoms with Crippen LogP contribution in [0.15, 0.2) is 35.4 Å². The van der Waals surface area contributed by atoms with Crippen molar-refractivity contribution in [3.8, 4) is 0 Å². The number of rotatable bonds is 1. The van der Waals surface area contributed by atoms with Gasteiger partial charge < -0.3 is 0 Å². The van der Waals surface area contributed by atoms with Gasteiger partial charge in [-0.1, -0.05) is 18.2 Å². The fourth-order valence-electron chi connectivity index (χ4n) is 0.794. The van der Waals surface area contributed by atoms with E-state index in [1.54, 1.807) is 0 Å². The summed E-state index contributed by atoms with van der Waals surface area (Å²) in [7, 11) is 0. The molecule has 2 nitrogen and oxygen atoms in total. The first kappa shape index (κ1) is 5.92. The molecule has 0 aliphatic carbocycles. The van der Waals surface area contributed by atoms with E-state index in [1.807, 2.05) is 35.3 Å². The van der Waals surface area contributed by atoms with Crippen LogP contribution in [-0.2, 0) is 0 Å². The number of para-hydroxylation sites is 1. The van der Waals surface area contributed by atoms with Crippen LogP contribution in [0.1, 0.15) is 0 Å². The first-order valence-corrected chi connectivity index (χ1v) is 3.76. The molecule has 0 amide bonds. The van der Waals surface area contributed by atoms with Gasteiger partial charge in [0, 0.05) is 0 Å². The van der Waals surface area contributed by atoms with Crippen molar-refractivity contribution in [3.05, 3.63) is 30.3 Å². The first-order chi connectivity index (χ1) is 4.88. The van der Waals surface area contributed by atoms with Crippen LogP contribution < -0.4 is 5.01 Å². The van der Waals surface area contributed by atoms with Gasteiger partial charge in [0.15, 0.2) is 0 Å². The predicted molar refractivity (Wildman–Crippen MR) is 45.3 cm³/mol. The monoisotopic (exact) mass is 196 g/mol. The lowest BCUT2D eigenvalue weighted by Crippen LogP contribution is -1.95. The molecule has 1 aliphatic rings. The lowest BCUT2D eigenvalue weighted by molar-refractivity contribution is 1.33. The topological polar surface area (TPSA) is 15.4 Å².